The van der Waals surface area contributed by atoms with Crippen LogP contribution >= 0.6 is 0 Å². The Kier molecular flexibility index (Phi) is 5.96. The smallest absolute Gasteiger partial charge is 0.253 e. The van der Waals surface area contributed by atoms with E-state index in [2.05, 4.69) is 15.6 Å². The minimum atomic E-state index is -0.159. The predicted octanol–water partition coefficient (Wildman–Crippen LogP) is 2.41. The van der Waals surface area contributed by atoms with Gasteiger partial charge in [-0.1, -0.05) is 19.1 Å². The molecule has 1 aromatic heterocycles. The van der Waals surface area contributed by atoms with E-state index in [1.54, 1.807) is 36.5 Å². The maximum absolute atomic E-state index is 12.5. The van der Waals surface area contributed by atoms with Gasteiger partial charge in [-0.2, -0.15) is 0 Å². The van der Waals surface area contributed by atoms with Gasteiger partial charge >= 0.3 is 0 Å². The normalized spacial score (nSPS) is 16.3. The Morgan fingerprint density at radius 1 is 1.23 bits per heavy atom. The second-order valence-electron chi connectivity index (χ2n) is 6.27. The molecule has 1 aliphatic heterocycles. The summed E-state index contributed by atoms with van der Waals surface area (Å²) in [5, 5.41) is 5.85. The highest BCUT2D eigenvalue weighted by Crippen LogP contribution is 2.22. The van der Waals surface area contributed by atoms with Gasteiger partial charge < -0.3 is 15.4 Å². The Morgan fingerprint density at radius 2 is 2.12 bits per heavy atom. The van der Waals surface area contributed by atoms with E-state index in [1.165, 1.54) is 0 Å². The van der Waals surface area contributed by atoms with Crippen LogP contribution in [0.25, 0.3) is 11.3 Å². The number of pyridine rings is 1. The lowest BCUT2D eigenvalue weighted by molar-refractivity contribution is 0.0928. The molecule has 3 rings (SSSR count). The molecule has 2 amide bonds. The van der Waals surface area contributed by atoms with Crippen LogP contribution in [-0.2, 0) is 4.74 Å². The zero-order chi connectivity index (χ0) is 18.4. The van der Waals surface area contributed by atoms with Gasteiger partial charge in [-0.25, -0.2) is 0 Å². The van der Waals surface area contributed by atoms with Crippen molar-refractivity contribution in [2.45, 2.75) is 25.8 Å². The minimum Gasteiger partial charge on any atom is -0.379 e. The van der Waals surface area contributed by atoms with Crippen LogP contribution in [0.4, 0.5) is 0 Å². The number of hydrogen-bond acceptors (Lipinski definition) is 4. The molecule has 1 saturated heterocycles. The molecule has 2 N–H and O–H groups in total. The van der Waals surface area contributed by atoms with Gasteiger partial charge in [0.1, 0.15) is 0 Å². The lowest BCUT2D eigenvalue weighted by Gasteiger charge is -2.12. The molecular weight excluding hydrogens is 330 g/mol. The summed E-state index contributed by atoms with van der Waals surface area (Å²) in [5.74, 6) is -0.303. The van der Waals surface area contributed by atoms with Crippen molar-refractivity contribution in [2.24, 2.45) is 0 Å². The van der Waals surface area contributed by atoms with Crippen LogP contribution in [0.2, 0.25) is 0 Å². The number of aromatic nitrogens is 1. The fourth-order valence-electron chi connectivity index (χ4n) is 2.88. The second kappa shape index (κ2) is 8.58. The van der Waals surface area contributed by atoms with Crippen LogP contribution in [0.1, 0.15) is 40.5 Å². The van der Waals surface area contributed by atoms with Gasteiger partial charge in [0.2, 0.25) is 0 Å². The summed E-state index contributed by atoms with van der Waals surface area (Å²) in [5.41, 5.74) is 2.35. The lowest BCUT2D eigenvalue weighted by atomic mass is 10.0. The number of carbonyl (C=O) groups is 2. The molecular formula is C20H23N3O3. The summed E-state index contributed by atoms with van der Waals surface area (Å²) in [6, 6.07) is 10.7. The zero-order valence-electron chi connectivity index (χ0n) is 14.8. The van der Waals surface area contributed by atoms with Crippen molar-refractivity contribution in [3.63, 3.8) is 0 Å². The number of amides is 2. The Balaban J connectivity index is 1.84. The molecule has 2 aromatic rings. The van der Waals surface area contributed by atoms with Crippen molar-refractivity contribution < 1.29 is 14.3 Å². The first-order valence-corrected chi connectivity index (χ1v) is 8.91. The molecule has 0 unspecified atom stereocenters. The quantitative estimate of drug-likeness (QED) is 0.836. The maximum Gasteiger partial charge on any atom is 0.253 e. The second-order valence-corrected chi connectivity index (χ2v) is 6.27. The fourth-order valence-corrected chi connectivity index (χ4v) is 2.88. The van der Waals surface area contributed by atoms with E-state index in [0.29, 0.717) is 36.6 Å². The summed E-state index contributed by atoms with van der Waals surface area (Å²) in [7, 11) is 0. The molecule has 6 nitrogen and oxygen atoms in total. The number of ether oxygens (including phenoxy) is 1. The molecule has 6 heteroatoms. The van der Waals surface area contributed by atoms with Gasteiger partial charge in [-0.3, -0.25) is 14.6 Å². The molecule has 136 valence electrons. The van der Waals surface area contributed by atoms with E-state index in [9.17, 15) is 9.59 Å². The van der Waals surface area contributed by atoms with Crippen LogP contribution in [-0.4, -0.2) is 42.6 Å². The third-order valence-corrected chi connectivity index (χ3v) is 4.25. The van der Waals surface area contributed by atoms with Gasteiger partial charge in [-0.05, 0) is 37.1 Å². The summed E-state index contributed by atoms with van der Waals surface area (Å²) in [6.45, 7) is 3.84. The van der Waals surface area contributed by atoms with Crippen molar-refractivity contribution in [1.29, 1.82) is 0 Å². The number of rotatable bonds is 6. The van der Waals surface area contributed by atoms with E-state index >= 15 is 0 Å². The third-order valence-electron chi connectivity index (χ3n) is 4.25. The van der Waals surface area contributed by atoms with Crippen molar-refractivity contribution in [3.05, 3.63) is 53.7 Å². The highest BCUT2D eigenvalue weighted by Gasteiger charge is 2.19. The molecule has 0 saturated carbocycles. The molecule has 0 radical (unpaired) electrons. The van der Waals surface area contributed by atoms with Crippen LogP contribution in [0.3, 0.4) is 0 Å². The molecule has 1 aliphatic rings. The van der Waals surface area contributed by atoms with Crippen LogP contribution in [0.5, 0.6) is 0 Å². The topological polar surface area (TPSA) is 80.3 Å². The number of carbonyl (C=O) groups excluding carboxylic acids is 2. The molecule has 0 aliphatic carbocycles. The van der Waals surface area contributed by atoms with Crippen LogP contribution in [0, 0.1) is 0 Å². The van der Waals surface area contributed by atoms with E-state index in [4.69, 9.17) is 4.74 Å². The summed E-state index contributed by atoms with van der Waals surface area (Å²) >= 11 is 0. The zero-order valence-corrected chi connectivity index (χ0v) is 14.8. The van der Waals surface area contributed by atoms with E-state index < -0.39 is 0 Å². The highest BCUT2D eigenvalue weighted by atomic mass is 16.5. The number of hydrogen-bond donors (Lipinski definition) is 2. The molecule has 2 heterocycles. The van der Waals surface area contributed by atoms with Crippen molar-refractivity contribution in [3.8, 4) is 11.3 Å². The van der Waals surface area contributed by atoms with Gasteiger partial charge in [0, 0.05) is 30.5 Å². The third kappa shape index (κ3) is 4.26. The monoisotopic (exact) mass is 353 g/mol. The summed E-state index contributed by atoms with van der Waals surface area (Å²) in [6.07, 6.45) is 3.34. The Hall–Kier alpha value is -2.73. The summed E-state index contributed by atoms with van der Waals surface area (Å²) in [4.78, 5) is 29.2. The van der Waals surface area contributed by atoms with Gasteiger partial charge in [-0.15, -0.1) is 0 Å². The van der Waals surface area contributed by atoms with E-state index in [-0.39, 0.29) is 17.9 Å². The largest absolute Gasteiger partial charge is 0.379 e. The van der Waals surface area contributed by atoms with Crippen molar-refractivity contribution in [1.82, 2.24) is 15.6 Å². The fraction of sp³-hybridized carbons (Fsp3) is 0.350. The average Bonchev–Trinajstić information content (AvgIpc) is 3.19. The minimum absolute atomic E-state index is 0.0522. The highest BCUT2D eigenvalue weighted by molar-refractivity contribution is 6.01. The number of nitrogens with one attached hydrogen (secondary N) is 2. The first-order valence-electron chi connectivity index (χ1n) is 8.91. The van der Waals surface area contributed by atoms with Crippen LogP contribution < -0.4 is 10.6 Å². The Labute approximate surface area is 153 Å². The van der Waals surface area contributed by atoms with E-state index in [0.717, 1.165) is 18.4 Å². The molecule has 0 bridgehead atoms. The first-order chi connectivity index (χ1) is 12.7. The molecule has 0 spiro atoms. The predicted molar refractivity (Wildman–Crippen MR) is 99.0 cm³/mol. The average molecular weight is 353 g/mol. The van der Waals surface area contributed by atoms with Crippen molar-refractivity contribution >= 4 is 11.8 Å². The lowest BCUT2D eigenvalue weighted by Crippen LogP contribution is -2.34. The molecule has 26 heavy (non-hydrogen) atoms. The van der Waals surface area contributed by atoms with Crippen LogP contribution in [0.15, 0.2) is 42.6 Å². The van der Waals surface area contributed by atoms with Gasteiger partial charge in [0.25, 0.3) is 11.8 Å². The number of nitrogens with zero attached hydrogens (tertiary/aromatic N) is 1. The van der Waals surface area contributed by atoms with E-state index in [1.807, 2.05) is 13.0 Å². The number of benzene rings is 1. The molecule has 1 fully saturated rings. The summed E-state index contributed by atoms with van der Waals surface area (Å²) < 4.78 is 5.29. The SMILES string of the molecule is CCCNC(=O)c1cccnc1-c1cccc(C(=O)N[C@H]2CCOC2)c1. The Morgan fingerprint density at radius 3 is 2.88 bits per heavy atom. The maximum atomic E-state index is 12.5. The Bertz CT molecular complexity index is 785. The standard InChI is InChI=1S/C20H23N3O3/c1-2-9-22-20(25)17-7-4-10-21-18(17)14-5-3-6-15(12-14)19(24)23-16-8-11-26-13-16/h3-7,10,12,16H,2,8-9,11,13H2,1H3,(H,22,25)(H,23,24)/t16-/m0/s1. The van der Waals surface area contributed by atoms with Crippen molar-refractivity contribution in [2.75, 3.05) is 19.8 Å². The molecule has 1 aromatic carbocycles. The van der Waals surface area contributed by atoms with Gasteiger partial charge in [0.05, 0.1) is 23.9 Å². The van der Waals surface area contributed by atoms with Gasteiger partial charge in [0.15, 0.2) is 0 Å². The first kappa shape index (κ1) is 18.1. The molecule has 1 atom stereocenters.